The van der Waals surface area contributed by atoms with Gasteiger partial charge in [-0.1, -0.05) is 0 Å². The van der Waals surface area contributed by atoms with Crippen LogP contribution in [0, 0.1) is 5.92 Å². The number of imide groups is 1. The van der Waals surface area contributed by atoms with E-state index in [1.54, 1.807) is 4.90 Å². The number of aliphatic carboxylic acids is 1. The Morgan fingerprint density at radius 1 is 1.10 bits per heavy atom. The van der Waals surface area contributed by atoms with Crippen molar-refractivity contribution in [2.45, 2.75) is 12.8 Å². The Bertz CT molecular complexity index is 403. The van der Waals surface area contributed by atoms with Crippen molar-refractivity contribution in [1.82, 2.24) is 15.1 Å². The monoisotopic (exact) mass is 299 g/mol. The summed E-state index contributed by atoms with van der Waals surface area (Å²) in [5, 5.41) is 10.6. The molecule has 2 fully saturated rings. The number of amides is 3. The average molecular weight is 299 g/mol. The molecule has 0 unspecified atom stereocenters. The Hall–Kier alpha value is -1.67. The van der Waals surface area contributed by atoms with E-state index in [0.29, 0.717) is 13.1 Å². The molecule has 1 saturated heterocycles. The quantitative estimate of drug-likeness (QED) is 0.676. The van der Waals surface area contributed by atoms with E-state index in [9.17, 15) is 14.4 Å². The van der Waals surface area contributed by atoms with Crippen molar-refractivity contribution >= 4 is 17.9 Å². The van der Waals surface area contributed by atoms with Crippen LogP contribution in [-0.4, -0.2) is 78.8 Å². The molecular formula is C13H21N3O5. The summed E-state index contributed by atoms with van der Waals surface area (Å²) in [5.74, 6) is -0.944. The lowest BCUT2D eigenvalue weighted by atomic mass is 10.3. The number of ether oxygens (including phenoxy) is 1. The first-order chi connectivity index (χ1) is 10.0. The van der Waals surface area contributed by atoms with Crippen LogP contribution in [0.15, 0.2) is 0 Å². The molecule has 1 aliphatic carbocycles. The maximum absolute atomic E-state index is 11.9. The van der Waals surface area contributed by atoms with Crippen LogP contribution in [0.1, 0.15) is 12.8 Å². The Morgan fingerprint density at radius 3 is 2.33 bits per heavy atom. The third-order valence-electron chi connectivity index (χ3n) is 3.58. The van der Waals surface area contributed by atoms with Crippen LogP contribution in [-0.2, 0) is 14.3 Å². The predicted octanol–water partition coefficient (Wildman–Crippen LogP) is -0.649. The molecule has 0 radical (unpaired) electrons. The highest BCUT2D eigenvalue weighted by Crippen LogP contribution is 2.29. The smallest absolute Gasteiger partial charge is 0.329 e. The largest absolute Gasteiger partial charge is 0.480 e. The Labute approximate surface area is 123 Å². The number of rotatable bonds is 6. The number of nitrogens with one attached hydrogen (secondary N) is 1. The second-order valence-electron chi connectivity index (χ2n) is 5.47. The molecule has 0 bridgehead atoms. The van der Waals surface area contributed by atoms with Gasteiger partial charge in [0.15, 0.2) is 0 Å². The van der Waals surface area contributed by atoms with Crippen LogP contribution in [0.3, 0.4) is 0 Å². The zero-order valence-electron chi connectivity index (χ0n) is 11.9. The van der Waals surface area contributed by atoms with E-state index in [1.165, 1.54) is 12.8 Å². The number of carbonyl (C=O) groups is 3. The highest BCUT2D eigenvalue weighted by Gasteiger charge is 2.27. The molecule has 1 aliphatic heterocycles. The van der Waals surface area contributed by atoms with Gasteiger partial charge in [0.2, 0.25) is 0 Å². The standard InChI is InChI=1S/C13H21N3O5/c17-11(8-21-9-12(18)19)14-13(20)16-5-3-15(4-6-16)7-10-1-2-10/h10H,1-9H2,(H,18,19)(H,14,17,20). The summed E-state index contributed by atoms with van der Waals surface area (Å²) >= 11 is 0. The van der Waals surface area contributed by atoms with E-state index in [0.717, 1.165) is 25.6 Å². The molecule has 0 aromatic rings. The second kappa shape index (κ2) is 7.37. The van der Waals surface area contributed by atoms with Crippen molar-refractivity contribution in [2.75, 3.05) is 45.9 Å². The first-order valence-corrected chi connectivity index (χ1v) is 7.15. The number of hydrogen-bond acceptors (Lipinski definition) is 5. The van der Waals surface area contributed by atoms with Gasteiger partial charge in [-0.25, -0.2) is 9.59 Å². The molecule has 118 valence electrons. The topological polar surface area (TPSA) is 99.2 Å². The van der Waals surface area contributed by atoms with E-state index in [-0.39, 0.29) is 0 Å². The van der Waals surface area contributed by atoms with Crippen LogP contribution in [0.2, 0.25) is 0 Å². The lowest BCUT2D eigenvalue weighted by Gasteiger charge is -2.34. The minimum atomic E-state index is -1.15. The first-order valence-electron chi connectivity index (χ1n) is 7.15. The fraction of sp³-hybridized carbons (Fsp3) is 0.769. The van der Waals surface area contributed by atoms with Crippen molar-refractivity contribution in [1.29, 1.82) is 0 Å². The van der Waals surface area contributed by atoms with E-state index in [2.05, 4.69) is 15.0 Å². The first kappa shape index (κ1) is 15.7. The fourth-order valence-electron chi connectivity index (χ4n) is 2.26. The van der Waals surface area contributed by atoms with Gasteiger partial charge in [-0.2, -0.15) is 0 Å². The third kappa shape index (κ3) is 5.68. The van der Waals surface area contributed by atoms with Gasteiger partial charge in [0.05, 0.1) is 0 Å². The molecule has 2 rings (SSSR count). The normalized spacial score (nSPS) is 19.3. The van der Waals surface area contributed by atoms with Crippen molar-refractivity contribution in [3.05, 3.63) is 0 Å². The Kier molecular flexibility index (Phi) is 5.51. The van der Waals surface area contributed by atoms with E-state index >= 15 is 0 Å². The lowest BCUT2D eigenvalue weighted by molar-refractivity contribution is -0.143. The summed E-state index contributed by atoms with van der Waals surface area (Å²) in [6.07, 6.45) is 2.62. The SMILES string of the molecule is O=C(O)COCC(=O)NC(=O)N1CCN(CC2CC2)CC1. The minimum absolute atomic E-state index is 0.431. The molecule has 8 heteroatoms. The maximum Gasteiger partial charge on any atom is 0.329 e. The van der Waals surface area contributed by atoms with Gasteiger partial charge in [-0.15, -0.1) is 0 Å². The number of nitrogens with zero attached hydrogens (tertiary/aromatic N) is 2. The number of carboxylic acids is 1. The van der Waals surface area contributed by atoms with E-state index in [4.69, 9.17) is 5.11 Å². The molecule has 0 aromatic heterocycles. The van der Waals surface area contributed by atoms with E-state index < -0.39 is 31.1 Å². The molecule has 8 nitrogen and oxygen atoms in total. The second-order valence-corrected chi connectivity index (χ2v) is 5.47. The molecule has 2 aliphatic rings. The molecule has 3 amide bonds. The summed E-state index contributed by atoms with van der Waals surface area (Å²) in [4.78, 5) is 37.4. The Morgan fingerprint density at radius 2 is 1.76 bits per heavy atom. The highest BCUT2D eigenvalue weighted by atomic mass is 16.5. The van der Waals surface area contributed by atoms with Crippen LogP contribution in [0.5, 0.6) is 0 Å². The van der Waals surface area contributed by atoms with Crippen LogP contribution in [0.25, 0.3) is 0 Å². The molecule has 1 saturated carbocycles. The number of piperazine rings is 1. The van der Waals surface area contributed by atoms with Gasteiger partial charge >= 0.3 is 12.0 Å². The Balaban J connectivity index is 1.61. The van der Waals surface area contributed by atoms with Gasteiger partial charge in [0.1, 0.15) is 13.2 Å². The molecule has 1 heterocycles. The van der Waals surface area contributed by atoms with Gasteiger partial charge in [0.25, 0.3) is 5.91 Å². The maximum atomic E-state index is 11.9. The molecule has 0 atom stereocenters. The zero-order valence-corrected chi connectivity index (χ0v) is 11.9. The fourth-order valence-corrected chi connectivity index (χ4v) is 2.26. The molecular weight excluding hydrogens is 278 g/mol. The summed E-state index contributed by atoms with van der Waals surface area (Å²) in [7, 11) is 0. The number of urea groups is 1. The average Bonchev–Trinajstić information content (AvgIpc) is 3.23. The van der Waals surface area contributed by atoms with Gasteiger partial charge < -0.3 is 14.7 Å². The van der Waals surface area contributed by atoms with Crippen molar-refractivity contribution in [2.24, 2.45) is 5.92 Å². The molecule has 2 N–H and O–H groups in total. The van der Waals surface area contributed by atoms with Crippen LogP contribution < -0.4 is 5.32 Å². The molecule has 0 aromatic carbocycles. The highest BCUT2D eigenvalue weighted by molar-refractivity contribution is 5.95. The van der Waals surface area contributed by atoms with Crippen molar-refractivity contribution < 1.29 is 24.2 Å². The number of hydrogen-bond donors (Lipinski definition) is 2. The van der Waals surface area contributed by atoms with Crippen molar-refractivity contribution in [3.63, 3.8) is 0 Å². The van der Waals surface area contributed by atoms with Gasteiger partial charge in [-0.05, 0) is 18.8 Å². The van der Waals surface area contributed by atoms with Gasteiger partial charge in [0, 0.05) is 32.7 Å². The minimum Gasteiger partial charge on any atom is -0.480 e. The van der Waals surface area contributed by atoms with Crippen LogP contribution in [0.4, 0.5) is 4.79 Å². The van der Waals surface area contributed by atoms with E-state index in [1.807, 2.05) is 0 Å². The zero-order chi connectivity index (χ0) is 15.2. The number of carboxylic acid groups (broad SMARTS) is 1. The van der Waals surface area contributed by atoms with Crippen molar-refractivity contribution in [3.8, 4) is 0 Å². The van der Waals surface area contributed by atoms with Gasteiger partial charge in [-0.3, -0.25) is 15.0 Å². The number of carbonyl (C=O) groups excluding carboxylic acids is 2. The summed E-state index contributed by atoms with van der Waals surface area (Å²) in [5.41, 5.74) is 0. The summed E-state index contributed by atoms with van der Waals surface area (Å²) in [6, 6.07) is -0.440. The summed E-state index contributed by atoms with van der Waals surface area (Å²) < 4.78 is 4.62. The lowest BCUT2D eigenvalue weighted by Crippen LogP contribution is -2.53. The third-order valence-corrected chi connectivity index (χ3v) is 3.58. The summed E-state index contributed by atoms with van der Waals surface area (Å²) in [6.45, 7) is 2.98. The predicted molar refractivity (Wildman–Crippen MR) is 72.7 cm³/mol. The van der Waals surface area contributed by atoms with Crippen LogP contribution >= 0.6 is 0 Å². The molecule has 21 heavy (non-hydrogen) atoms. The molecule has 0 spiro atoms.